The molecule has 2 aromatic carbocycles. The number of sulfonamides is 1. The molecule has 0 unspecified atom stereocenters. The van der Waals surface area contributed by atoms with Crippen molar-refractivity contribution in [3.63, 3.8) is 0 Å². The number of nitrogens with one attached hydrogen (secondary N) is 1. The predicted octanol–water partition coefficient (Wildman–Crippen LogP) is 4.38. The van der Waals surface area contributed by atoms with Gasteiger partial charge in [0.25, 0.3) is 0 Å². The van der Waals surface area contributed by atoms with E-state index in [-0.39, 0.29) is 16.3 Å². The van der Waals surface area contributed by atoms with Crippen LogP contribution in [0.15, 0.2) is 65.6 Å². The smallest absolute Gasteiger partial charge is 0.248 e. The zero-order chi connectivity index (χ0) is 21.0. The Morgan fingerprint density at radius 3 is 2.66 bits per heavy atom. The Bertz CT molecular complexity index is 1190. The van der Waals surface area contributed by atoms with Crippen molar-refractivity contribution in [2.75, 3.05) is 12.4 Å². The SMILES string of the molecule is COc1ccc(NC(=O)/C=C/c2ccc(-c3cccc(Cl)c3)s2)cc1S(N)(=O)=O. The van der Waals surface area contributed by atoms with Gasteiger partial charge in [-0.15, -0.1) is 11.3 Å². The van der Waals surface area contributed by atoms with Gasteiger partial charge in [0.1, 0.15) is 10.6 Å². The fourth-order valence-electron chi connectivity index (χ4n) is 2.56. The first kappa shape index (κ1) is 21.1. The van der Waals surface area contributed by atoms with Crippen LogP contribution in [0.4, 0.5) is 5.69 Å². The molecule has 0 aliphatic carbocycles. The third-order valence-corrected chi connectivity index (χ3v) is 6.14. The minimum atomic E-state index is -3.99. The summed E-state index contributed by atoms with van der Waals surface area (Å²) in [5.74, 6) is -0.304. The van der Waals surface area contributed by atoms with Crippen LogP contribution in [0.1, 0.15) is 4.88 Å². The number of nitrogens with two attached hydrogens (primary N) is 1. The highest BCUT2D eigenvalue weighted by Crippen LogP contribution is 2.30. The molecule has 0 fully saturated rings. The highest BCUT2D eigenvalue weighted by Gasteiger charge is 2.16. The van der Waals surface area contributed by atoms with Gasteiger partial charge in [-0.05, 0) is 54.1 Å². The van der Waals surface area contributed by atoms with E-state index in [9.17, 15) is 13.2 Å². The minimum Gasteiger partial charge on any atom is -0.495 e. The second-order valence-corrected chi connectivity index (χ2v) is 9.03. The van der Waals surface area contributed by atoms with E-state index in [0.29, 0.717) is 5.02 Å². The number of rotatable bonds is 6. The van der Waals surface area contributed by atoms with Crippen molar-refractivity contribution in [1.29, 1.82) is 0 Å². The summed E-state index contributed by atoms with van der Waals surface area (Å²) in [6, 6.07) is 15.6. The lowest BCUT2D eigenvalue weighted by molar-refractivity contribution is -0.111. The molecule has 0 aliphatic heterocycles. The van der Waals surface area contributed by atoms with E-state index in [0.717, 1.165) is 15.3 Å². The van der Waals surface area contributed by atoms with Crippen molar-refractivity contribution in [3.05, 3.63) is 70.6 Å². The summed E-state index contributed by atoms with van der Waals surface area (Å²) in [5, 5.41) is 8.45. The number of primary sulfonamides is 1. The lowest BCUT2D eigenvalue weighted by atomic mass is 10.2. The lowest BCUT2D eigenvalue weighted by Gasteiger charge is -2.09. The molecule has 0 saturated carbocycles. The summed E-state index contributed by atoms with van der Waals surface area (Å²) in [5.41, 5.74) is 1.29. The van der Waals surface area contributed by atoms with Crippen LogP contribution in [0.3, 0.4) is 0 Å². The van der Waals surface area contributed by atoms with Crippen LogP contribution in [-0.2, 0) is 14.8 Å². The van der Waals surface area contributed by atoms with Crippen molar-refractivity contribution in [2.45, 2.75) is 4.90 Å². The van der Waals surface area contributed by atoms with E-state index in [2.05, 4.69) is 5.32 Å². The fraction of sp³-hybridized carbons (Fsp3) is 0.0500. The summed E-state index contributed by atoms with van der Waals surface area (Å²) in [6.45, 7) is 0. The third kappa shape index (κ3) is 5.45. The van der Waals surface area contributed by atoms with Gasteiger partial charge in [0.2, 0.25) is 15.9 Å². The molecule has 0 radical (unpaired) electrons. The van der Waals surface area contributed by atoms with Crippen molar-refractivity contribution in [2.24, 2.45) is 5.14 Å². The number of methoxy groups -OCH3 is 1. The van der Waals surface area contributed by atoms with Crippen LogP contribution in [-0.4, -0.2) is 21.4 Å². The topological polar surface area (TPSA) is 98.5 Å². The predicted molar refractivity (Wildman–Crippen MR) is 117 cm³/mol. The monoisotopic (exact) mass is 448 g/mol. The molecule has 0 saturated heterocycles. The molecule has 6 nitrogen and oxygen atoms in total. The molecule has 0 bridgehead atoms. The van der Waals surface area contributed by atoms with E-state index in [1.165, 1.54) is 42.7 Å². The van der Waals surface area contributed by atoms with E-state index in [1.807, 2.05) is 36.4 Å². The zero-order valence-corrected chi connectivity index (χ0v) is 17.6. The van der Waals surface area contributed by atoms with Gasteiger partial charge >= 0.3 is 0 Å². The van der Waals surface area contributed by atoms with Crippen LogP contribution in [0.5, 0.6) is 5.75 Å². The van der Waals surface area contributed by atoms with E-state index < -0.39 is 15.9 Å². The van der Waals surface area contributed by atoms with Gasteiger partial charge in [-0.3, -0.25) is 4.79 Å². The largest absolute Gasteiger partial charge is 0.495 e. The number of anilines is 1. The van der Waals surface area contributed by atoms with Crippen LogP contribution < -0.4 is 15.2 Å². The highest BCUT2D eigenvalue weighted by atomic mass is 35.5. The zero-order valence-electron chi connectivity index (χ0n) is 15.3. The molecule has 29 heavy (non-hydrogen) atoms. The maximum Gasteiger partial charge on any atom is 0.248 e. The van der Waals surface area contributed by atoms with Crippen LogP contribution in [0.25, 0.3) is 16.5 Å². The Labute approximate surface area is 177 Å². The van der Waals surface area contributed by atoms with Gasteiger partial charge in [-0.25, -0.2) is 13.6 Å². The number of benzene rings is 2. The molecule has 0 aliphatic rings. The van der Waals surface area contributed by atoms with Crippen molar-refractivity contribution < 1.29 is 17.9 Å². The van der Waals surface area contributed by atoms with E-state index in [1.54, 1.807) is 6.08 Å². The molecule has 1 amide bonds. The summed E-state index contributed by atoms with van der Waals surface area (Å²) in [7, 11) is -2.65. The number of thiophene rings is 1. The minimum absolute atomic E-state index is 0.105. The molecule has 3 rings (SSSR count). The molecule has 0 spiro atoms. The number of ether oxygens (including phenoxy) is 1. The molecule has 3 N–H and O–H groups in total. The Morgan fingerprint density at radius 2 is 1.97 bits per heavy atom. The summed E-state index contributed by atoms with van der Waals surface area (Å²) in [4.78, 5) is 13.9. The van der Waals surface area contributed by atoms with E-state index >= 15 is 0 Å². The standard InChI is InChI=1S/C20H17ClN2O4S2/c1-27-17-8-5-15(12-19(17)29(22,25)26)23-20(24)10-7-16-6-9-18(28-16)13-3-2-4-14(21)11-13/h2-12H,1H3,(H,23,24)(H2,22,25,26)/b10-7+. The maximum absolute atomic E-state index is 12.2. The molecule has 0 atom stereocenters. The quantitative estimate of drug-likeness (QED) is 0.547. The lowest BCUT2D eigenvalue weighted by Crippen LogP contribution is -2.15. The normalized spacial score (nSPS) is 11.6. The first-order valence-electron chi connectivity index (χ1n) is 8.32. The van der Waals surface area contributed by atoms with Gasteiger partial charge in [-0.1, -0.05) is 23.7 Å². The summed E-state index contributed by atoms with van der Waals surface area (Å²) in [6.07, 6.45) is 3.05. The van der Waals surface area contributed by atoms with Crippen LogP contribution in [0.2, 0.25) is 5.02 Å². The second-order valence-electron chi connectivity index (χ2n) is 5.95. The molecule has 150 valence electrons. The average Bonchev–Trinajstić information content (AvgIpc) is 3.15. The average molecular weight is 449 g/mol. The maximum atomic E-state index is 12.2. The van der Waals surface area contributed by atoms with Gasteiger partial charge in [0.05, 0.1) is 7.11 Å². The molecule has 1 aromatic heterocycles. The summed E-state index contributed by atoms with van der Waals surface area (Å²) < 4.78 is 28.3. The molecule has 9 heteroatoms. The third-order valence-electron chi connectivity index (χ3n) is 3.87. The van der Waals surface area contributed by atoms with Crippen molar-refractivity contribution in [3.8, 4) is 16.2 Å². The highest BCUT2D eigenvalue weighted by molar-refractivity contribution is 7.89. The Kier molecular flexibility index (Phi) is 6.39. The number of carbonyl (C=O) groups excluding carboxylic acids is 1. The van der Waals surface area contributed by atoms with Crippen LogP contribution >= 0.6 is 22.9 Å². The van der Waals surface area contributed by atoms with Gasteiger partial charge in [0.15, 0.2) is 0 Å². The Morgan fingerprint density at radius 1 is 1.17 bits per heavy atom. The number of hydrogen-bond acceptors (Lipinski definition) is 5. The number of hydrogen-bond donors (Lipinski definition) is 2. The first-order valence-corrected chi connectivity index (χ1v) is 11.1. The molecule has 3 aromatic rings. The van der Waals surface area contributed by atoms with Gasteiger partial charge in [0, 0.05) is 26.5 Å². The van der Waals surface area contributed by atoms with Crippen molar-refractivity contribution >= 4 is 50.6 Å². The van der Waals surface area contributed by atoms with Gasteiger partial charge < -0.3 is 10.1 Å². The number of amides is 1. The molecule has 1 heterocycles. The van der Waals surface area contributed by atoms with Crippen LogP contribution in [0, 0.1) is 0 Å². The van der Waals surface area contributed by atoms with E-state index in [4.69, 9.17) is 21.5 Å². The summed E-state index contributed by atoms with van der Waals surface area (Å²) >= 11 is 7.54. The second kappa shape index (κ2) is 8.79. The number of carbonyl (C=O) groups is 1. The van der Waals surface area contributed by atoms with Gasteiger partial charge in [-0.2, -0.15) is 0 Å². The Hall–Kier alpha value is -2.65. The van der Waals surface area contributed by atoms with Crippen molar-refractivity contribution in [1.82, 2.24) is 0 Å². The molecular weight excluding hydrogens is 432 g/mol. The first-order chi connectivity index (χ1) is 13.8. The molecular formula is C20H17ClN2O4S2. The number of halogens is 1. The Balaban J connectivity index is 1.72. The fourth-order valence-corrected chi connectivity index (χ4v) is 4.38.